The summed E-state index contributed by atoms with van der Waals surface area (Å²) in [6.45, 7) is -0.215. The first-order valence-corrected chi connectivity index (χ1v) is 2.91. The number of methoxy groups -OCH3 is 2. The molecule has 2 atom stereocenters. The topological polar surface area (TPSA) is 55.8 Å². The van der Waals surface area contributed by atoms with E-state index in [0.717, 1.165) is 0 Å². The second kappa shape index (κ2) is 5.34. The summed E-state index contributed by atoms with van der Waals surface area (Å²) in [4.78, 5) is 10.2. The molecule has 0 aromatic rings. The number of carbonyl (C=O) groups excluding carboxylic acids is 1. The Labute approximate surface area is 59.7 Å². The maximum absolute atomic E-state index is 10.2. The summed E-state index contributed by atoms with van der Waals surface area (Å²) in [5, 5.41) is 8.59. The van der Waals surface area contributed by atoms with Gasteiger partial charge in [0.15, 0.2) is 6.29 Å². The highest BCUT2D eigenvalue weighted by atomic mass is 16.5. The molecule has 10 heavy (non-hydrogen) atoms. The van der Waals surface area contributed by atoms with E-state index in [2.05, 4.69) is 0 Å². The minimum Gasteiger partial charge on any atom is -0.394 e. The van der Waals surface area contributed by atoms with Crippen molar-refractivity contribution >= 4 is 6.29 Å². The van der Waals surface area contributed by atoms with Crippen LogP contribution in [-0.4, -0.2) is 44.4 Å². The Balaban J connectivity index is 3.81. The van der Waals surface area contributed by atoms with Crippen molar-refractivity contribution in [3.8, 4) is 0 Å². The van der Waals surface area contributed by atoms with Gasteiger partial charge in [-0.15, -0.1) is 0 Å². The molecule has 0 aromatic heterocycles. The monoisotopic (exact) mass is 148 g/mol. The van der Waals surface area contributed by atoms with Crippen molar-refractivity contribution in [2.45, 2.75) is 12.2 Å². The summed E-state index contributed by atoms with van der Waals surface area (Å²) >= 11 is 0. The van der Waals surface area contributed by atoms with Crippen molar-refractivity contribution < 1.29 is 19.4 Å². The first kappa shape index (κ1) is 9.55. The van der Waals surface area contributed by atoms with E-state index in [4.69, 9.17) is 14.6 Å². The fourth-order valence-corrected chi connectivity index (χ4v) is 0.608. The number of rotatable bonds is 5. The molecule has 60 valence electrons. The van der Waals surface area contributed by atoms with Gasteiger partial charge in [0.05, 0.1) is 6.61 Å². The molecule has 0 bridgehead atoms. The second-order valence-electron chi connectivity index (χ2n) is 1.79. The largest absolute Gasteiger partial charge is 0.394 e. The Kier molecular flexibility index (Phi) is 5.10. The van der Waals surface area contributed by atoms with Crippen LogP contribution in [0.3, 0.4) is 0 Å². The predicted octanol–water partition coefficient (Wildman–Crippen LogP) is -0.792. The minimum absolute atomic E-state index is 0.215. The third-order valence-electron chi connectivity index (χ3n) is 1.26. The van der Waals surface area contributed by atoms with Crippen LogP contribution in [0, 0.1) is 0 Å². The predicted molar refractivity (Wildman–Crippen MR) is 34.7 cm³/mol. The highest BCUT2D eigenvalue weighted by Gasteiger charge is 2.18. The molecular formula is C6H12O4. The summed E-state index contributed by atoms with van der Waals surface area (Å²) in [5.74, 6) is 0. The van der Waals surface area contributed by atoms with Gasteiger partial charge in [-0.05, 0) is 0 Å². The zero-order valence-electron chi connectivity index (χ0n) is 6.11. The number of aliphatic hydroxyl groups is 1. The molecule has 0 spiro atoms. The van der Waals surface area contributed by atoms with Crippen LogP contribution in [0.5, 0.6) is 0 Å². The van der Waals surface area contributed by atoms with Crippen molar-refractivity contribution in [2.75, 3.05) is 20.8 Å². The van der Waals surface area contributed by atoms with Gasteiger partial charge in [-0.2, -0.15) is 0 Å². The summed E-state index contributed by atoms with van der Waals surface area (Å²) in [7, 11) is 2.80. The van der Waals surface area contributed by atoms with E-state index in [1.807, 2.05) is 0 Å². The third-order valence-corrected chi connectivity index (χ3v) is 1.26. The smallest absolute Gasteiger partial charge is 0.151 e. The van der Waals surface area contributed by atoms with Gasteiger partial charge in [-0.1, -0.05) is 0 Å². The van der Waals surface area contributed by atoms with E-state index in [-0.39, 0.29) is 6.61 Å². The molecule has 0 aliphatic rings. The molecule has 0 saturated carbocycles. The Morgan fingerprint density at radius 1 is 1.50 bits per heavy atom. The van der Waals surface area contributed by atoms with Gasteiger partial charge in [-0.3, -0.25) is 0 Å². The Hall–Kier alpha value is -0.450. The van der Waals surface area contributed by atoms with Gasteiger partial charge in [0.2, 0.25) is 0 Å². The molecule has 0 unspecified atom stereocenters. The molecule has 0 aromatic carbocycles. The van der Waals surface area contributed by atoms with Crippen molar-refractivity contribution in [1.82, 2.24) is 0 Å². The van der Waals surface area contributed by atoms with E-state index >= 15 is 0 Å². The lowest BCUT2D eigenvalue weighted by atomic mass is 10.2. The molecule has 0 fully saturated rings. The molecule has 0 radical (unpaired) electrons. The Morgan fingerprint density at radius 3 is 2.20 bits per heavy atom. The van der Waals surface area contributed by atoms with Gasteiger partial charge in [-0.25, -0.2) is 0 Å². The van der Waals surface area contributed by atoms with Crippen LogP contribution in [0.1, 0.15) is 0 Å². The molecule has 4 heteroatoms. The standard InChI is InChI=1S/C6H12O4/c1-9-5(3-7)6(4-8)10-2/h3,5-6,8H,4H2,1-2H3/t5-,6-/m1/s1. The number of aldehydes is 1. The van der Waals surface area contributed by atoms with Crippen molar-refractivity contribution in [2.24, 2.45) is 0 Å². The lowest BCUT2D eigenvalue weighted by molar-refractivity contribution is -0.127. The van der Waals surface area contributed by atoms with Crippen LogP contribution in [0.25, 0.3) is 0 Å². The van der Waals surface area contributed by atoms with E-state index in [1.165, 1.54) is 14.2 Å². The summed E-state index contributed by atoms with van der Waals surface area (Å²) < 4.78 is 9.43. The van der Waals surface area contributed by atoms with E-state index in [9.17, 15) is 4.79 Å². The highest BCUT2D eigenvalue weighted by Crippen LogP contribution is 1.97. The minimum atomic E-state index is -0.671. The quantitative estimate of drug-likeness (QED) is 0.519. The average Bonchev–Trinajstić information content (AvgIpc) is 2.00. The van der Waals surface area contributed by atoms with Gasteiger partial charge in [0.1, 0.15) is 12.2 Å². The molecule has 4 nitrogen and oxygen atoms in total. The molecule has 0 saturated heterocycles. The van der Waals surface area contributed by atoms with Crippen LogP contribution >= 0.6 is 0 Å². The third kappa shape index (κ3) is 2.43. The molecular weight excluding hydrogens is 136 g/mol. The number of aliphatic hydroxyl groups excluding tert-OH is 1. The maximum atomic E-state index is 10.2. The van der Waals surface area contributed by atoms with E-state index in [0.29, 0.717) is 6.29 Å². The van der Waals surface area contributed by atoms with Crippen molar-refractivity contribution in [3.63, 3.8) is 0 Å². The molecule has 0 aliphatic heterocycles. The van der Waals surface area contributed by atoms with E-state index < -0.39 is 12.2 Å². The first-order valence-electron chi connectivity index (χ1n) is 2.91. The summed E-state index contributed by atoms with van der Waals surface area (Å²) in [5.41, 5.74) is 0. The van der Waals surface area contributed by atoms with E-state index in [1.54, 1.807) is 0 Å². The highest BCUT2D eigenvalue weighted by molar-refractivity contribution is 5.57. The van der Waals surface area contributed by atoms with Crippen LogP contribution in [0.2, 0.25) is 0 Å². The Morgan fingerprint density at radius 2 is 2.10 bits per heavy atom. The lowest BCUT2D eigenvalue weighted by Gasteiger charge is -2.16. The van der Waals surface area contributed by atoms with Crippen LogP contribution in [-0.2, 0) is 14.3 Å². The number of hydrogen-bond donors (Lipinski definition) is 1. The van der Waals surface area contributed by atoms with Crippen LogP contribution in [0.15, 0.2) is 0 Å². The number of carbonyl (C=O) groups is 1. The maximum Gasteiger partial charge on any atom is 0.151 e. The fourth-order valence-electron chi connectivity index (χ4n) is 0.608. The van der Waals surface area contributed by atoms with Crippen LogP contribution in [0.4, 0.5) is 0 Å². The van der Waals surface area contributed by atoms with Gasteiger partial charge >= 0.3 is 0 Å². The summed E-state index contributed by atoms with van der Waals surface area (Å²) in [6.07, 6.45) is -0.623. The zero-order valence-corrected chi connectivity index (χ0v) is 6.11. The first-order chi connectivity index (χ1) is 4.79. The molecule has 0 amide bonds. The second-order valence-corrected chi connectivity index (χ2v) is 1.79. The van der Waals surface area contributed by atoms with Crippen LogP contribution < -0.4 is 0 Å². The molecule has 0 heterocycles. The van der Waals surface area contributed by atoms with Crippen molar-refractivity contribution in [1.29, 1.82) is 0 Å². The van der Waals surface area contributed by atoms with Gasteiger partial charge in [0, 0.05) is 14.2 Å². The fraction of sp³-hybridized carbons (Fsp3) is 0.833. The molecule has 1 N–H and O–H groups in total. The average molecular weight is 148 g/mol. The number of ether oxygens (including phenoxy) is 2. The Bertz CT molecular complexity index is 89.7. The zero-order chi connectivity index (χ0) is 7.98. The molecule has 0 rings (SSSR count). The number of hydrogen-bond acceptors (Lipinski definition) is 4. The normalized spacial score (nSPS) is 16.3. The lowest BCUT2D eigenvalue weighted by Crippen LogP contribution is -2.34. The van der Waals surface area contributed by atoms with Gasteiger partial charge < -0.3 is 19.4 Å². The van der Waals surface area contributed by atoms with Crippen molar-refractivity contribution in [3.05, 3.63) is 0 Å². The SMILES string of the molecule is CO[C@H](C=O)[C@@H](CO)OC. The van der Waals surface area contributed by atoms with Gasteiger partial charge in [0.25, 0.3) is 0 Å². The molecule has 0 aliphatic carbocycles. The summed E-state index contributed by atoms with van der Waals surface area (Å²) in [6, 6.07) is 0.